The summed E-state index contributed by atoms with van der Waals surface area (Å²) in [5, 5.41) is 11.7. The molecule has 0 aliphatic rings. The van der Waals surface area contributed by atoms with Gasteiger partial charge in [-0.25, -0.2) is 8.78 Å². The van der Waals surface area contributed by atoms with Crippen LogP contribution in [0.4, 0.5) is 14.5 Å². The zero-order valence-corrected chi connectivity index (χ0v) is 9.86. The molecule has 1 amide bonds. The zero-order chi connectivity index (χ0) is 13.8. The Morgan fingerprint density at radius 1 is 1.11 bits per heavy atom. The molecule has 3 nitrogen and oxygen atoms in total. The fourth-order valence-electron chi connectivity index (χ4n) is 1.63. The van der Waals surface area contributed by atoms with Crippen LogP contribution in [0.15, 0.2) is 42.5 Å². The van der Waals surface area contributed by atoms with Crippen molar-refractivity contribution in [2.75, 3.05) is 5.32 Å². The standard InChI is InChI=1S/C14H11F2NO2/c15-12-5-4-10(8-13(12)16)17-14(19)7-9-2-1-3-11(18)6-9/h1-6,8,18H,7H2,(H,17,19). The maximum absolute atomic E-state index is 13.0. The van der Waals surface area contributed by atoms with Crippen molar-refractivity contribution in [3.8, 4) is 5.75 Å². The number of anilines is 1. The number of carbonyl (C=O) groups is 1. The van der Waals surface area contributed by atoms with E-state index >= 15 is 0 Å². The number of aromatic hydroxyl groups is 1. The second-order valence-corrected chi connectivity index (χ2v) is 4.02. The quantitative estimate of drug-likeness (QED) is 0.894. The van der Waals surface area contributed by atoms with E-state index < -0.39 is 11.6 Å². The third-order valence-electron chi connectivity index (χ3n) is 2.48. The summed E-state index contributed by atoms with van der Waals surface area (Å²) in [5.74, 6) is -2.30. The third kappa shape index (κ3) is 3.51. The molecule has 2 aromatic carbocycles. The van der Waals surface area contributed by atoms with Gasteiger partial charge in [0.1, 0.15) is 5.75 Å². The van der Waals surface area contributed by atoms with Gasteiger partial charge in [0.15, 0.2) is 11.6 Å². The molecule has 0 spiro atoms. The predicted molar refractivity (Wildman–Crippen MR) is 66.8 cm³/mol. The second kappa shape index (κ2) is 5.48. The normalized spacial score (nSPS) is 10.2. The van der Waals surface area contributed by atoms with Crippen LogP contribution in [0.3, 0.4) is 0 Å². The van der Waals surface area contributed by atoms with E-state index in [-0.39, 0.29) is 23.8 Å². The van der Waals surface area contributed by atoms with Gasteiger partial charge in [-0.05, 0) is 29.8 Å². The highest BCUT2D eigenvalue weighted by atomic mass is 19.2. The minimum atomic E-state index is -1.02. The lowest BCUT2D eigenvalue weighted by atomic mass is 10.1. The van der Waals surface area contributed by atoms with E-state index in [0.717, 1.165) is 12.1 Å². The van der Waals surface area contributed by atoms with Gasteiger partial charge in [0.2, 0.25) is 5.91 Å². The molecule has 0 heterocycles. The van der Waals surface area contributed by atoms with Gasteiger partial charge in [0.05, 0.1) is 6.42 Å². The summed E-state index contributed by atoms with van der Waals surface area (Å²) in [5.41, 5.74) is 0.809. The van der Waals surface area contributed by atoms with E-state index in [2.05, 4.69) is 5.32 Å². The number of hydrogen-bond donors (Lipinski definition) is 2. The van der Waals surface area contributed by atoms with Crippen LogP contribution >= 0.6 is 0 Å². The smallest absolute Gasteiger partial charge is 0.228 e. The highest BCUT2D eigenvalue weighted by Gasteiger charge is 2.07. The van der Waals surface area contributed by atoms with Crippen LogP contribution in [0.25, 0.3) is 0 Å². The number of phenolic OH excluding ortho intramolecular Hbond substituents is 1. The summed E-state index contributed by atoms with van der Waals surface area (Å²) in [4.78, 5) is 11.7. The summed E-state index contributed by atoms with van der Waals surface area (Å²) in [6.07, 6.45) is 0.0351. The van der Waals surface area contributed by atoms with Gasteiger partial charge < -0.3 is 10.4 Å². The molecule has 2 aromatic rings. The molecule has 0 fully saturated rings. The first-order chi connectivity index (χ1) is 9.04. The molecule has 0 bridgehead atoms. The zero-order valence-electron chi connectivity index (χ0n) is 9.86. The minimum Gasteiger partial charge on any atom is -0.508 e. The van der Waals surface area contributed by atoms with E-state index in [9.17, 15) is 18.7 Å². The Bertz CT molecular complexity index is 614. The first-order valence-corrected chi connectivity index (χ1v) is 5.57. The minimum absolute atomic E-state index is 0.0351. The molecule has 0 saturated heterocycles. The van der Waals surface area contributed by atoms with Crippen LogP contribution in [0.2, 0.25) is 0 Å². The monoisotopic (exact) mass is 263 g/mol. The Morgan fingerprint density at radius 3 is 2.58 bits per heavy atom. The molecule has 5 heteroatoms. The van der Waals surface area contributed by atoms with Crippen molar-refractivity contribution >= 4 is 11.6 Å². The largest absolute Gasteiger partial charge is 0.508 e. The summed E-state index contributed by atoms with van der Waals surface area (Å²) in [6, 6.07) is 9.40. The molecule has 0 atom stereocenters. The van der Waals surface area contributed by atoms with Gasteiger partial charge in [-0.3, -0.25) is 4.79 Å². The fourth-order valence-corrected chi connectivity index (χ4v) is 1.63. The fraction of sp³-hybridized carbons (Fsp3) is 0.0714. The lowest BCUT2D eigenvalue weighted by Crippen LogP contribution is -2.14. The van der Waals surface area contributed by atoms with Crippen LogP contribution < -0.4 is 5.32 Å². The van der Waals surface area contributed by atoms with Gasteiger partial charge >= 0.3 is 0 Å². The van der Waals surface area contributed by atoms with Crippen LogP contribution in [-0.2, 0) is 11.2 Å². The van der Waals surface area contributed by atoms with Crippen molar-refractivity contribution in [1.29, 1.82) is 0 Å². The molecule has 0 radical (unpaired) electrons. The van der Waals surface area contributed by atoms with Crippen molar-refractivity contribution in [3.05, 3.63) is 59.7 Å². The summed E-state index contributed by atoms with van der Waals surface area (Å²) < 4.78 is 25.7. The molecular weight excluding hydrogens is 252 g/mol. The molecule has 0 unspecified atom stereocenters. The topological polar surface area (TPSA) is 49.3 Å². The van der Waals surface area contributed by atoms with E-state index in [4.69, 9.17) is 0 Å². The Balaban J connectivity index is 2.03. The highest BCUT2D eigenvalue weighted by Crippen LogP contribution is 2.15. The van der Waals surface area contributed by atoms with Crippen LogP contribution in [-0.4, -0.2) is 11.0 Å². The van der Waals surface area contributed by atoms with Crippen molar-refractivity contribution < 1.29 is 18.7 Å². The number of benzene rings is 2. The Labute approximate surface area is 108 Å². The summed E-state index contributed by atoms with van der Waals surface area (Å²) in [6.45, 7) is 0. The van der Waals surface area contributed by atoms with Gasteiger partial charge in [0, 0.05) is 11.8 Å². The average Bonchev–Trinajstić information content (AvgIpc) is 2.34. The molecular formula is C14H11F2NO2. The highest BCUT2D eigenvalue weighted by molar-refractivity contribution is 5.92. The number of rotatable bonds is 3. The average molecular weight is 263 g/mol. The van der Waals surface area contributed by atoms with Crippen molar-refractivity contribution in [2.24, 2.45) is 0 Å². The number of phenols is 1. The van der Waals surface area contributed by atoms with E-state index in [1.165, 1.54) is 18.2 Å². The van der Waals surface area contributed by atoms with Crippen LogP contribution in [0.5, 0.6) is 5.75 Å². The van der Waals surface area contributed by atoms with E-state index in [1.807, 2.05) is 0 Å². The van der Waals surface area contributed by atoms with Crippen molar-refractivity contribution in [3.63, 3.8) is 0 Å². The van der Waals surface area contributed by atoms with E-state index in [0.29, 0.717) is 5.56 Å². The number of carbonyl (C=O) groups excluding carboxylic acids is 1. The van der Waals surface area contributed by atoms with Crippen LogP contribution in [0, 0.1) is 11.6 Å². The molecule has 0 aliphatic carbocycles. The van der Waals surface area contributed by atoms with Gasteiger partial charge in [-0.2, -0.15) is 0 Å². The van der Waals surface area contributed by atoms with Crippen molar-refractivity contribution in [2.45, 2.75) is 6.42 Å². The number of amides is 1. The first kappa shape index (κ1) is 13.0. The first-order valence-electron chi connectivity index (χ1n) is 5.57. The molecule has 2 rings (SSSR count). The molecule has 0 aliphatic heterocycles. The van der Waals surface area contributed by atoms with Gasteiger partial charge in [-0.15, -0.1) is 0 Å². The van der Waals surface area contributed by atoms with Crippen LogP contribution in [0.1, 0.15) is 5.56 Å². The molecule has 98 valence electrons. The third-order valence-corrected chi connectivity index (χ3v) is 2.48. The maximum Gasteiger partial charge on any atom is 0.228 e. The van der Waals surface area contributed by atoms with E-state index in [1.54, 1.807) is 12.1 Å². The molecule has 19 heavy (non-hydrogen) atoms. The maximum atomic E-state index is 13.0. The lowest BCUT2D eigenvalue weighted by Gasteiger charge is -2.06. The SMILES string of the molecule is O=C(Cc1cccc(O)c1)Nc1ccc(F)c(F)c1. The Hall–Kier alpha value is -2.43. The number of nitrogens with one attached hydrogen (secondary N) is 1. The molecule has 0 aromatic heterocycles. The predicted octanol–water partition coefficient (Wildman–Crippen LogP) is 2.85. The van der Waals surface area contributed by atoms with Gasteiger partial charge in [0.25, 0.3) is 0 Å². The summed E-state index contributed by atoms with van der Waals surface area (Å²) >= 11 is 0. The Morgan fingerprint density at radius 2 is 1.89 bits per heavy atom. The Kier molecular flexibility index (Phi) is 3.75. The second-order valence-electron chi connectivity index (χ2n) is 4.02. The summed E-state index contributed by atoms with van der Waals surface area (Å²) in [7, 11) is 0. The number of halogens is 2. The molecule has 2 N–H and O–H groups in total. The van der Waals surface area contributed by atoms with Gasteiger partial charge in [-0.1, -0.05) is 12.1 Å². The number of hydrogen-bond acceptors (Lipinski definition) is 2. The van der Waals surface area contributed by atoms with Crippen molar-refractivity contribution in [1.82, 2.24) is 0 Å². The molecule has 0 saturated carbocycles. The lowest BCUT2D eigenvalue weighted by molar-refractivity contribution is -0.115.